The van der Waals surface area contributed by atoms with Crippen molar-refractivity contribution in [3.8, 4) is 0 Å². The van der Waals surface area contributed by atoms with E-state index in [1.165, 1.54) is 6.92 Å². The molecular weight excluding hydrogens is 148 g/mol. The van der Waals surface area contributed by atoms with Gasteiger partial charge in [-0.1, -0.05) is 6.58 Å². The number of hydrogen-bond acceptors (Lipinski definition) is 3. The summed E-state index contributed by atoms with van der Waals surface area (Å²) in [5, 5.41) is 16.0. The lowest BCUT2D eigenvalue weighted by molar-refractivity contribution is -0.132. The first-order chi connectivity index (χ1) is 5.07. The van der Waals surface area contributed by atoms with Crippen molar-refractivity contribution < 1.29 is 19.7 Å². The summed E-state index contributed by atoms with van der Waals surface area (Å²) in [5.74, 6) is -0.935. The van der Waals surface area contributed by atoms with Crippen molar-refractivity contribution in [2.24, 2.45) is 0 Å². The summed E-state index contributed by atoms with van der Waals surface area (Å²) in [6.07, 6.45) is 0.190. The second-order valence-electron chi connectivity index (χ2n) is 2.22. The molecule has 1 rings (SSSR count). The lowest BCUT2D eigenvalue weighted by atomic mass is 10.4. The van der Waals surface area contributed by atoms with Crippen LogP contribution in [0.15, 0.2) is 12.2 Å². The van der Waals surface area contributed by atoms with Gasteiger partial charge in [-0.05, 0) is 6.92 Å². The Morgan fingerprint density at radius 3 is 2.18 bits per heavy atom. The Morgan fingerprint density at radius 2 is 2.18 bits per heavy atom. The maximum absolute atomic E-state index is 9.60. The van der Waals surface area contributed by atoms with Gasteiger partial charge >= 0.3 is 5.97 Å². The lowest BCUT2D eigenvalue weighted by Gasteiger charge is -1.79. The molecule has 0 aliphatic carbocycles. The molecule has 0 saturated carbocycles. The second kappa shape index (κ2) is 4.87. The molecule has 0 aromatic heterocycles. The SMILES string of the molecule is C=C(C)C(=O)O.OCC1CO1. The van der Waals surface area contributed by atoms with Crippen LogP contribution >= 0.6 is 0 Å². The number of ether oxygens (including phenoxy) is 1. The Morgan fingerprint density at radius 1 is 1.82 bits per heavy atom. The van der Waals surface area contributed by atoms with Gasteiger partial charge in [-0.25, -0.2) is 4.79 Å². The van der Waals surface area contributed by atoms with Gasteiger partial charge in [0.15, 0.2) is 0 Å². The molecule has 0 aromatic rings. The zero-order valence-electron chi connectivity index (χ0n) is 6.41. The van der Waals surface area contributed by atoms with Crippen molar-refractivity contribution in [2.45, 2.75) is 13.0 Å². The molecule has 1 atom stereocenters. The number of aliphatic hydroxyl groups is 1. The van der Waals surface area contributed by atoms with Gasteiger partial charge in [0.2, 0.25) is 0 Å². The van der Waals surface area contributed by atoms with Crippen LogP contribution in [0.1, 0.15) is 6.92 Å². The first kappa shape index (κ1) is 10.1. The van der Waals surface area contributed by atoms with Crippen molar-refractivity contribution >= 4 is 5.97 Å². The maximum atomic E-state index is 9.60. The lowest BCUT2D eigenvalue weighted by Crippen LogP contribution is -1.92. The largest absolute Gasteiger partial charge is 0.478 e. The summed E-state index contributed by atoms with van der Waals surface area (Å²) in [4.78, 5) is 9.60. The van der Waals surface area contributed by atoms with E-state index in [1.54, 1.807) is 0 Å². The number of epoxide rings is 1. The van der Waals surface area contributed by atoms with E-state index in [0.29, 0.717) is 0 Å². The van der Waals surface area contributed by atoms with Crippen LogP contribution in [0.4, 0.5) is 0 Å². The first-order valence-electron chi connectivity index (χ1n) is 3.19. The van der Waals surface area contributed by atoms with E-state index >= 15 is 0 Å². The Hall–Kier alpha value is -0.870. The molecule has 1 saturated heterocycles. The minimum Gasteiger partial charge on any atom is -0.478 e. The highest BCUT2D eigenvalue weighted by atomic mass is 16.6. The van der Waals surface area contributed by atoms with Crippen LogP contribution in [-0.2, 0) is 9.53 Å². The van der Waals surface area contributed by atoms with Crippen molar-refractivity contribution in [1.82, 2.24) is 0 Å². The zero-order chi connectivity index (χ0) is 8.85. The summed E-state index contributed by atoms with van der Waals surface area (Å²) in [6, 6.07) is 0. The highest BCUT2D eigenvalue weighted by Crippen LogP contribution is 2.04. The number of rotatable bonds is 2. The summed E-state index contributed by atoms with van der Waals surface area (Å²) in [6.45, 7) is 5.56. The van der Waals surface area contributed by atoms with Gasteiger partial charge < -0.3 is 14.9 Å². The predicted molar refractivity (Wildman–Crippen MR) is 39.3 cm³/mol. The van der Waals surface area contributed by atoms with Crippen LogP contribution < -0.4 is 0 Å². The van der Waals surface area contributed by atoms with Crippen LogP contribution in [0.3, 0.4) is 0 Å². The van der Waals surface area contributed by atoms with Gasteiger partial charge in [-0.15, -0.1) is 0 Å². The minimum atomic E-state index is -0.935. The van der Waals surface area contributed by atoms with E-state index in [1.807, 2.05) is 0 Å². The van der Waals surface area contributed by atoms with Gasteiger partial charge in [0, 0.05) is 5.57 Å². The molecule has 11 heavy (non-hydrogen) atoms. The third-order valence-electron chi connectivity index (χ3n) is 0.971. The van der Waals surface area contributed by atoms with E-state index < -0.39 is 5.97 Å². The number of carbonyl (C=O) groups is 1. The molecule has 64 valence electrons. The average molecular weight is 160 g/mol. The van der Waals surface area contributed by atoms with Crippen molar-refractivity contribution in [3.63, 3.8) is 0 Å². The molecule has 0 spiro atoms. The molecule has 0 amide bonds. The smallest absolute Gasteiger partial charge is 0.330 e. The summed E-state index contributed by atoms with van der Waals surface area (Å²) in [5.41, 5.74) is 0.176. The van der Waals surface area contributed by atoms with E-state index in [4.69, 9.17) is 10.2 Å². The van der Waals surface area contributed by atoms with E-state index in [9.17, 15) is 4.79 Å². The maximum Gasteiger partial charge on any atom is 0.330 e. The highest BCUT2D eigenvalue weighted by Gasteiger charge is 2.19. The van der Waals surface area contributed by atoms with E-state index in [-0.39, 0.29) is 18.3 Å². The molecule has 1 aliphatic heterocycles. The van der Waals surface area contributed by atoms with Gasteiger partial charge in [-0.3, -0.25) is 0 Å². The molecule has 0 aromatic carbocycles. The molecule has 0 radical (unpaired) electrons. The highest BCUT2D eigenvalue weighted by molar-refractivity contribution is 5.84. The topological polar surface area (TPSA) is 70.1 Å². The second-order valence-corrected chi connectivity index (χ2v) is 2.22. The quantitative estimate of drug-likeness (QED) is 0.441. The van der Waals surface area contributed by atoms with Gasteiger partial charge in [0.1, 0.15) is 6.10 Å². The predicted octanol–water partition coefficient (Wildman–Crippen LogP) is 0.0246. The molecule has 1 unspecified atom stereocenters. The fourth-order valence-electron chi connectivity index (χ4n) is 0.173. The van der Waals surface area contributed by atoms with Crippen molar-refractivity contribution in [2.75, 3.05) is 13.2 Å². The molecular formula is C7H12O4. The zero-order valence-corrected chi connectivity index (χ0v) is 6.41. The summed E-state index contributed by atoms with van der Waals surface area (Å²) in [7, 11) is 0. The van der Waals surface area contributed by atoms with E-state index in [2.05, 4.69) is 11.3 Å². The fraction of sp³-hybridized carbons (Fsp3) is 0.571. The normalized spacial score (nSPS) is 19.6. The average Bonchev–Trinajstić information content (AvgIpc) is 2.70. The van der Waals surface area contributed by atoms with Gasteiger partial charge in [0.05, 0.1) is 13.2 Å². The standard InChI is InChI=1S/C4H6O2.C3H6O2/c1-3(2)4(5)6;4-1-3-2-5-3/h1H2,2H3,(H,5,6);3-4H,1-2H2. The molecule has 4 nitrogen and oxygen atoms in total. The Kier molecular flexibility index (Phi) is 4.49. The van der Waals surface area contributed by atoms with Gasteiger partial charge in [-0.2, -0.15) is 0 Å². The first-order valence-corrected chi connectivity index (χ1v) is 3.19. The van der Waals surface area contributed by atoms with Crippen LogP contribution in [-0.4, -0.2) is 35.5 Å². The summed E-state index contributed by atoms with van der Waals surface area (Å²) < 4.78 is 4.61. The van der Waals surface area contributed by atoms with Crippen LogP contribution in [0, 0.1) is 0 Å². The van der Waals surface area contributed by atoms with Crippen molar-refractivity contribution in [3.05, 3.63) is 12.2 Å². The molecule has 0 bridgehead atoms. The summed E-state index contributed by atoms with van der Waals surface area (Å²) >= 11 is 0. The molecule has 1 aliphatic rings. The van der Waals surface area contributed by atoms with Crippen molar-refractivity contribution in [1.29, 1.82) is 0 Å². The molecule has 4 heteroatoms. The number of hydrogen-bond donors (Lipinski definition) is 2. The molecule has 1 heterocycles. The third kappa shape index (κ3) is 7.02. The molecule has 2 N–H and O–H groups in total. The Labute approximate surface area is 65.1 Å². The number of carboxylic acid groups (broad SMARTS) is 1. The van der Waals surface area contributed by atoms with Crippen LogP contribution in [0.5, 0.6) is 0 Å². The third-order valence-corrected chi connectivity index (χ3v) is 0.971. The number of aliphatic hydroxyl groups excluding tert-OH is 1. The number of carboxylic acids is 1. The number of aliphatic carboxylic acids is 1. The van der Waals surface area contributed by atoms with Crippen LogP contribution in [0.25, 0.3) is 0 Å². The minimum absolute atomic E-state index is 0.176. The van der Waals surface area contributed by atoms with E-state index in [0.717, 1.165) is 6.61 Å². The van der Waals surface area contributed by atoms with Gasteiger partial charge in [0.25, 0.3) is 0 Å². The fourth-order valence-corrected chi connectivity index (χ4v) is 0.173. The monoisotopic (exact) mass is 160 g/mol. The molecule has 1 fully saturated rings. The van der Waals surface area contributed by atoms with Crippen LogP contribution in [0.2, 0.25) is 0 Å². The Bertz CT molecular complexity index is 137. The Balaban J connectivity index is 0.000000183.